The SMILES string of the molecule is O=Cc1nccn1CCn1cccn1. The second-order valence-electron chi connectivity index (χ2n) is 2.87. The van der Waals surface area contributed by atoms with E-state index in [9.17, 15) is 4.79 Å². The second kappa shape index (κ2) is 3.87. The van der Waals surface area contributed by atoms with Crippen LogP contribution in [0.2, 0.25) is 0 Å². The van der Waals surface area contributed by atoms with Gasteiger partial charge in [-0.15, -0.1) is 0 Å². The highest BCUT2D eigenvalue weighted by atomic mass is 16.1. The topological polar surface area (TPSA) is 52.7 Å². The zero-order valence-electron chi connectivity index (χ0n) is 7.58. The van der Waals surface area contributed by atoms with Crippen LogP contribution in [0.1, 0.15) is 10.6 Å². The number of imidazole rings is 1. The average Bonchev–Trinajstić information content (AvgIpc) is 2.85. The fourth-order valence-electron chi connectivity index (χ4n) is 1.27. The van der Waals surface area contributed by atoms with Crippen molar-refractivity contribution in [1.29, 1.82) is 0 Å². The molecular weight excluding hydrogens is 180 g/mol. The van der Waals surface area contributed by atoms with Crippen LogP contribution in [-0.4, -0.2) is 25.6 Å². The molecule has 0 aliphatic rings. The van der Waals surface area contributed by atoms with Gasteiger partial charge < -0.3 is 4.57 Å². The third-order valence-electron chi connectivity index (χ3n) is 1.98. The van der Waals surface area contributed by atoms with E-state index in [0.29, 0.717) is 12.4 Å². The molecule has 5 nitrogen and oxygen atoms in total. The third kappa shape index (κ3) is 1.71. The monoisotopic (exact) mass is 190 g/mol. The molecule has 72 valence electrons. The number of carbonyl (C=O) groups excluding carboxylic acids is 1. The van der Waals surface area contributed by atoms with Crippen LogP contribution in [-0.2, 0) is 13.1 Å². The van der Waals surface area contributed by atoms with E-state index in [-0.39, 0.29) is 0 Å². The minimum atomic E-state index is 0.456. The Morgan fingerprint density at radius 3 is 2.93 bits per heavy atom. The molecule has 2 rings (SSSR count). The Labute approximate surface area is 81.0 Å². The molecule has 0 spiro atoms. The number of rotatable bonds is 4. The van der Waals surface area contributed by atoms with E-state index in [1.807, 2.05) is 16.9 Å². The highest BCUT2D eigenvalue weighted by Crippen LogP contribution is 1.95. The van der Waals surface area contributed by atoms with Crippen LogP contribution in [0.25, 0.3) is 0 Å². The Hall–Kier alpha value is -1.91. The fraction of sp³-hybridized carbons (Fsp3) is 0.222. The van der Waals surface area contributed by atoms with Crippen LogP contribution in [0.4, 0.5) is 0 Å². The van der Waals surface area contributed by atoms with E-state index in [0.717, 1.165) is 12.8 Å². The van der Waals surface area contributed by atoms with Crippen LogP contribution >= 0.6 is 0 Å². The number of hydrogen-bond acceptors (Lipinski definition) is 3. The van der Waals surface area contributed by atoms with Crippen molar-refractivity contribution in [2.75, 3.05) is 0 Å². The van der Waals surface area contributed by atoms with E-state index >= 15 is 0 Å². The maximum Gasteiger partial charge on any atom is 0.185 e. The zero-order chi connectivity index (χ0) is 9.80. The highest BCUT2D eigenvalue weighted by molar-refractivity contribution is 5.69. The predicted octanol–water partition coefficient (Wildman–Crippen LogP) is 0.592. The van der Waals surface area contributed by atoms with Gasteiger partial charge >= 0.3 is 0 Å². The molecule has 0 aliphatic heterocycles. The fourth-order valence-corrected chi connectivity index (χ4v) is 1.27. The summed E-state index contributed by atoms with van der Waals surface area (Å²) in [5, 5.41) is 4.07. The molecule has 0 aliphatic carbocycles. The average molecular weight is 190 g/mol. The van der Waals surface area contributed by atoms with E-state index in [2.05, 4.69) is 10.1 Å². The molecule has 2 aromatic heterocycles. The first kappa shape index (κ1) is 8.68. The van der Waals surface area contributed by atoms with E-state index in [1.54, 1.807) is 23.2 Å². The molecule has 0 fully saturated rings. The van der Waals surface area contributed by atoms with Crippen LogP contribution in [0.3, 0.4) is 0 Å². The van der Waals surface area contributed by atoms with Gasteiger partial charge in [-0.1, -0.05) is 0 Å². The molecule has 0 aromatic carbocycles. The summed E-state index contributed by atoms with van der Waals surface area (Å²) in [5.74, 6) is 0.456. The van der Waals surface area contributed by atoms with Crippen LogP contribution in [0.15, 0.2) is 30.9 Å². The predicted molar refractivity (Wildman–Crippen MR) is 49.8 cm³/mol. The molecule has 5 heteroatoms. The number of aromatic nitrogens is 4. The molecule has 0 unspecified atom stereocenters. The van der Waals surface area contributed by atoms with Crippen molar-refractivity contribution in [1.82, 2.24) is 19.3 Å². The van der Waals surface area contributed by atoms with Crippen molar-refractivity contribution in [2.45, 2.75) is 13.1 Å². The number of aldehydes is 1. The van der Waals surface area contributed by atoms with Gasteiger partial charge in [-0.3, -0.25) is 9.48 Å². The van der Waals surface area contributed by atoms with Crippen molar-refractivity contribution >= 4 is 6.29 Å². The van der Waals surface area contributed by atoms with E-state index in [1.165, 1.54) is 0 Å². The van der Waals surface area contributed by atoms with E-state index < -0.39 is 0 Å². The summed E-state index contributed by atoms with van der Waals surface area (Å²) in [6, 6.07) is 1.87. The minimum absolute atomic E-state index is 0.456. The Kier molecular flexibility index (Phi) is 2.40. The van der Waals surface area contributed by atoms with Gasteiger partial charge in [0.25, 0.3) is 0 Å². The standard InChI is InChI=1S/C9H10N4O/c14-8-9-10-3-5-12(9)6-7-13-4-1-2-11-13/h1-5,8H,6-7H2. The Bertz CT molecular complexity index is 404. The first-order chi connectivity index (χ1) is 6.90. The van der Waals surface area contributed by atoms with Gasteiger partial charge in [0.15, 0.2) is 12.1 Å². The first-order valence-electron chi connectivity index (χ1n) is 4.34. The van der Waals surface area contributed by atoms with Gasteiger partial charge in [0.05, 0.1) is 6.54 Å². The van der Waals surface area contributed by atoms with Crippen molar-refractivity contribution in [3.8, 4) is 0 Å². The first-order valence-corrected chi connectivity index (χ1v) is 4.34. The summed E-state index contributed by atoms with van der Waals surface area (Å²) < 4.78 is 3.61. The van der Waals surface area contributed by atoms with Gasteiger partial charge in [0.1, 0.15) is 0 Å². The van der Waals surface area contributed by atoms with Gasteiger partial charge in [-0.05, 0) is 6.07 Å². The summed E-state index contributed by atoms with van der Waals surface area (Å²) in [5.41, 5.74) is 0. The molecule has 0 amide bonds. The Morgan fingerprint density at radius 2 is 2.21 bits per heavy atom. The molecule has 0 atom stereocenters. The van der Waals surface area contributed by atoms with Gasteiger partial charge in [-0.25, -0.2) is 4.98 Å². The highest BCUT2D eigenvalue weighted by Gasteiger charge is 2.00. The van der Waals surface area contributed by atoms with Gasteiger partial charge in [-0.2, -0.15) is 5.10 Å². The Balaban J connectivity index is 2.01. The molecule has 0 radical (unpaired) electrons. The second-order valence-corrected chi connectivity index (χ2v) is 2.87. The maximum atomic E-state index is 10.5. The van der Waals surface area contributed by atoms with Crippen LogP contribution in [0, 0.1) is 0 Å². The number of nitrogens with zero attached hydrogens (tertiary/aromatic N) is 4. The third-order valence-corrected chi connectivity index (χ3v) is 1.98. The number of hydrogen-bond donors (Lipinski definition) is 0. The van der Waals surface area contributed by atoms with Crippen LogP contribution in [0.5, 0.6) is 0 Å². The smallest absolute Gasteiger partial charge is 0.185 e. The molecular formula is C9H10N4O. The van der Waals surface area contributed by atoms with Crippen molar-refractivity contribution < 1.29 is 4.79 Å². The molecule has 2 aromatic rings. The lowest BCUT2D eigenvalue weighted by molar-refractivity contribution is 0.111. The molecule has 0 saturated heterocycles. The molecule has 14 heavy (non-hydrogen) atoms. The van der Waals surface area contributed by atoms with Gasteiger partial charge in [0, 0.05) is 31.3 Å². The number of aryl methyl sites for hydroxylation is 2. The van der Waals surface area contributed by atoms with Gasteiger partial charge in [0.2, 0.25) is 0 Å². The van der Waals surface area contributed by atoms with Crippen molar-refractivity contribution in [3.05, 3.63) is 36.7 Å². The molecule has 2 heterocycles. The summed E-state index contributed by atoms with van der Waals surface area (Å²) >= 11 is 0. The molecule has 0 N–H and O–H groups in total. The minimum Gasteiger partial charge on any atom is -0.327 e. The lowest BCUT2D eigenvalue weighted by Crippen LogP contribution is -2.09. The number of carbonyl (C=O) groups is 1. The summed E-state index contributed by atoms with van der Waals surface area (Å²) in [6.45, 7) is 1.44. The van der Waals surface area contributed by atoms with Crippen molar-refractivity contribution in [3.63, 3.8) is 0 Å². The Morgan fingerprint density at radius 1 is 1.29 bits per heavy atom. The maximum absolute atomic E-state index is 10.5. The van der Waals surface area contributed by atoms with E-state index in [4.69, 9.17) is 0 Å². The van der Waals surface area contributed by atoms with Crippen molar-refractivity contribution in [2.24, 2.45) is 0 Å². The largest absolute Gasteiger partial charge is 0.327 e. The normalized spacial score (nSPS) is 10.3. The van der Waals surface area contributed by atoms with Crippen LogP contribution < -0.4 is 0 Å². The molecule has 0 saturated carbocycles. The summed E-state index contributed by atoms with van der Waals surface area (Å²) in [6.07, 6.45) is 7.77. The lowest BCUT2D eigenvalue weighted by Gasteiger charge is -2.03. The molecule has 0 bridgehead atoms. The summed E-state index contributed by atoms with van der Waals surface area (Å²) in [4.78, 5) is 14.4. The summed E-state index contributed by atoms with van der Waals surface area (Å²) in [7, 11) is 0. The quantitative estimate of drug-likeness (QED) is 0.663. The lowest BCUT2D eigenvalue weighted by atomic mass is 10.5. The zero-order valence-corrected chi connectivity index (χ0v) is 7.58.